The van der Waals surface area contributed by atoms with E-state index in [0.717, 1.165) is 17.7 Å². The summed E-state index contributed by atoms with van der Waals surface area (Å²) < 4.78 is 71.3. The van der Waals surface area contributed by atoms with Crippen molar-refractivity contribution in [3.8, 4) is 11.5 Å². The van der Waals surface area contributed by atoms with Crippen LogP contribution in [0.25, 0.3) is 11.5 Å². The minimum Gasteiger partial charge on any atom is -0.420 e. The highest BCUT2D eigenvalue weighted by atomic mass is 32.2. The average molecular weight is 451 g/mol. The Morgan fingerprint density at radius 1 is 1.03 bits per heavy atom. The minimum atomic E-state index is -4.42. The molecule has 1 aliphatic rings. The summed E-state index contributed by atoms with van der Waals surface area (Å²) in [6, 6.07) is 11.1. The molecule has 31 heavy (non-hydrogen) atoms. The quantitative estimate of drug-likeness (QED) is 0.578. The number of nitrogens with zero attached hydrogens (tertiary/aromatic N) is 3. The van der Waals surface area contributed by atoms with Crippen molar-refractivity contribution in [2.45, 2.75) is 36.8 Å². The molecule has 2 heterocycles. The van der Waals surface area contributed by atoms with Crippen molar-refractivity contribution in [2.24, 2.45) is 0 Å². The molecule has 0 radical (unpaired) electrons. The molecule has 6 nitrogen and oxygen atoms in total. The van der Waals surface area contributed by atoms with Crippen LogP contribution in [0, 0.1) is 6.92 Å². The molecular weight excluding hydrogens is 431 g/mol. The number of piperidine rings is 1. The van der Waals surface area contributed by atoms with E-state index >= 15 is 0 Å². The van der Waals surface area contributed by atoms with Crippen LogP contribution in [-0.4, -0.2) is 36.0 Å². The van der Waals surface area contributed by atoms with Gasteiger partial charge in [0.1, 0.15) is 0 Å². The van der Waals surface area contributed by atoms with Gasteiger partial charge in [-0.05, 0) is 56.2 Å². The Labute approximate surface area is 177 Å². The molecular formula is C21H20F3N3O3S. The van der Waals surface area contributed by atoms with E-state index in [1.54, 1.807) is 24.3 Å². The molecule has 164 valence electrons. The first-order valence-corrected chi connectivity index (χ1v) is 11.2. The summed E-state index contributed by atoms with van der Waals surface area (Å²) in [5, 5.41) is 7.97. The van der Waals surface area contributed by atoms with Crippen LogP contribution in [0.2, 0.25) is 0 Å². The Balaban J connectivity index is 1.52. The van der Waals surface area contributed by atoms with Gasteiger partial charge >= 0.3 is 6.18 Å². The first-order chi connectivity index (χ1) is 14.6. The molecule has 1 saturated heterocycles. The van der Waals surface area contributed by atoms with E-state index in [1.165, 1.54) is 16.4 Å². The van der Waals surface area contributed by atoms with E-state index in [9.17, 15) is 21.6 Å². The molecule has 0 spiro atoms. The maximum Gasteiger partial charge on any atom is 0.416 e. The lowest BCUT2D eigenvalue weighted by Crippen LogP contribution is -2.39. The number of aryl methyl sites for hydroxylation is 1. The van der Waals surface area contributed by atoms with Gasteiger partial charge in [0.25, 0.3) is 0 Å². The SMILES string of the molecule is Cc1ccc(S(=O)(=O)N2CCCC(c3nnc(-c4ccc(C(F)(F)F)cc4)o3)C2)cc1. The monoisotopic (exact) mass is 451 g/mol. The van der Waals surface area contributed by atoms with Crippen molar-refractivity contribution < 1.29 is 26.0 Å². The summed E-state index contributed by atoms with van der Waals surface area (Å²) in [6.07, 6.45) is -3.12. The zero-order valence-corrected chi connectivity index (χ0v) is 17.4. The maximum absolute atomic E-state index is 13.0. The zero-order valence-electron chi connectivity index (χ0n) is 16.6. The van der Waals surface area contributed by atoms with Crippen molar-refractivity contribution in [3.05, 3.63) is 65.5 Å². The van der Waals surface area contributed by atoms with E-state index < -0.39 is 21.8 Å². The predicted octanol–water partition coefficient (Wildman–Crippen LogP) is 4.63. The van der Waals surface area contributed by atoms with Gasteiger partial charge in [-0.2, -0.15) is 17.5 Å². The van der Waals surface area contributed by atoms with Crippen molar-refractivity contribution in [1.82, 2.24) is 14.5 Å². The summed E-state index contributed by atoms with van der Waals surface area (Å²) >= 11 is 0. The van der Waals surface area contributed by atoms with Gasteiger partial charge in [0.15, 0.2) is 0 Å². The van der Waals surface area contributed by atoms with Gasteiger partial charge in [-0.25, -0.2) is 8.42 Å². The van der Waals surface area contributed by atoms with Crippen molar-refractivity contribution in [3.63, 3.8) is 0 Å². The van der Waals surface area contributed by atoms with E-state index in [1.807, 2.05) is 6.92 Å². The zero-order chi connectivity index (χ0) is 22.2. The van der Waals surface area contributed by atoms with Gasteiger partial charge in [0, 0.05) is 18.7 Å². The Kier molecular flexibility index (Phi) is 5.61. The summed E-state index contributed by atoms with van der Waals surface area (Å²) in [6.45, 7) is 2.48. The normalized spacial score (nSPS) is 18.3. The Morgan fingerprint density at radius 3 is 2.35 bits per heavy atom. The van der Waals surface area contributed by atoms with Crippen LogP contribution < -0.4 is 0 Å². The van der Waals surface area contributed by atoms with Crippen molar-refractivity contribution in [1.29, 1.82) is 0 Å². The summed E-state index contributed by atoms with van der Waals surface area (Å²) in [4.78, 5) is 0.231. The average Bonchev–Trinajstić information content (AvgIpc) is 3.24. The third-order valence-electron chi connectivity index (χ3n) is 5.29. The molecule has 0 N–H and O–H groups in total. The van der Waals surface area contributed by atoms with E-state index in [4.69, 9.17) is 4.42 Å². The molecule has 1 fully saturated rings. The fourth-order valence-corrected chi connectivity index (χ4v) is 5.06. The highest BCUT2D eigenvalue weighted by molar-refractivity contribution is 7.89. The molecule has 0 amide bonds. The number of halogens is 3. The predicted molar refractivity (Wildman–Crippen MR) is 107 cm³/mol. The maximum atomic E-state index is 13.0. The van der Waals surface area contributed by atoms with Crippen molar-refractivity contribution >= 4 is 10.0 Å². The highest BCUT2D eigenvalue weighted by Gasteiger charge is 2.34. The number of alkyl halides is 3. The molecule has 0 aliphatic carbocycles. The van der Waals surface area contributed by atoms with Crippen LogP contribution in [0.4, 0.5) is 13.2 Å². The van der Waals surface area contributed by atoms with Crippen LogP contribution in [-0.2, 0) is 16.2 Å². The molecule has 0 bridgehead atoms. The fourth-order valence-electron chi connectivity index (χ4n) is 3.54. The molecule has 1 unspecified atom stereocenters. The standard InChI is InChI=1S/C21H20F3N3O3S/c1-14-4-10-18(11-5-14)31(28,29)27-12-2-3-16(13-27)20-26-25-19(30-20)15-6-8-17(9-7-15)21(22,23)24/h4-11,16H,2-3,12-13H2,1H3. The lowest BCUT2D eigenvalue weighted by Gasteiger charge is -2.30. The van der Waals surface area contributed by atoms with E-state index in [-0.39, 0.29) is 29.1 Å². The molecule has 2 aromatic carbocycles. The third-order valence-corrected chi connectivity index (χ3v) is 7.17. The van der Waals surface area contributed by atoms with Gasteiger partial charge in [0.05, 0.1) is 16.4 Å². The second kappa shape index (κ2) is 8.08. The summed E-state index contributed by atoms with van der Waals surface area (Å²) in [5.41, 5.74) is 0.573. The summed E-state index contributed by atoms with van der Waals surface area (Å²) in [5.74, 6) is 0.0885. The number of hydrogen-bond acceptors (Lipinski definition) is 5. The minimum absolute atomic E-state index is 0.0993. The van der Waals surface area contributed by atoms with Crippen molar-refractivity contribution in [2.75, 3.05) is 13.1 Å². The van der Waals surface area contributed by atoms with Gasteiger partial charge in [0.2, 0.25) is 21.8 Å². The van der Waals surface area contributed by atoms with Gasteiger partial charge in [-0.3, -0.25) is 0 Å². The topological polar surface area (TPSA) is 76.3 Å². The Morgan fingerprint density at radius 2 is 1.71 bits per heavy atom. The van der Waals surface area contributed by atoms with Crippen LogP contribution in [0.15, 0.2) is 57.8 Å². The Hall–Kier alpha value is -2.72. The van der Waals surface area contributed by atoms with Gasteiger partial charge in [-0.1, -0.05) is 17.7 Å². The first-order valence-electron chi connectivity index (χ1n) is 9.72. The molecule has 1 aliphatic heterocycles. The molecule has 0 saturated carbocycles. The lowest BCUT2D eigenvalue weighted by atomic mass is 10.00. The lowest BCUT2D eigenvalue weighted by molar-refractivity contribution is -0.137. The molecule has 1 atom stereocenters. The van der Waals surface area contributed by atoms with Crippen LogP contribution in [0.5, 0.6) is 0 Å². The summed E-state index contributed by atoms with van der Waals surface area (Å²) in [7, 11) is -3.65. The molecule has 1 aromatic heterocycles. The van der Waals surface area contributed by atoms with Gasteiger partial charge in [-0.15, -0.1) is 10.2 Å². The number of rotatable bonds is 4. The smallest absolute Gasteiger partial charge is 0.416 e. The second-order valence-electron chi connectivity index (χ2n) is 7.54. The van der Waals surface area contributed by atoms with Gasteiger partial charge < -0.3 is 4.42 Å². The van der Waals surface area contributed by atoms with Crippen LogP contribution >= 0.6 is 0 Å². The number of sulfonamides is 1. The fraction of sp³-hybridized carbons (Fsp3) is 0.333. The van der Waals surface area contributed by atoms with E-state index in [2.05, 4.69) is 10.2 Å². The largest absolute Gasteiger partial charge is 0.420 e. The number of aromatic nitrogens is 2. The number of hydrogen-bond donors (Lipinski definition) is 0. The molecule has 10 heteroatoms. The molecule has 4 rings (SSSR count). The first kappa shape index (κ1) is 21.5. The van der Waals surface area contributed by atoms with Crippen LogP contribution in [0.1, 0.15) is 35.8 Å². The second-order valence-corrected chi connectivity index (χ2v) is 9.47. The van der Waals surface area contributed by atoms with Crippen LogP contribution in [0.3, 0.4) is 0 Å². The van der Waals surface area contributed by atoms with E-state index in [0.29, 0.717) is 24.9 Å². The third kappa shape index (κ3) is 4.49. The Bertz CT molecular complexity index is 1160. The number of benzene rings is 2. The molecule has 3 aromatic rings. The highest BCUT2D eigenvalue weighted by Crippen LogP contribution is 2.33.